The Bertz CT molecular complexity index is 774. The topological polar surface area (TPSA) is 73.9 Å². The van der Waals surface area contributed by atoms with Gasteiger partial charge in [-0.25, -0.2) is 8.78 Å². The van der Waals surface area contributed by atoms with Crippen LogP contribution in [0.15, 0.2) is 28.7 Å². The van der Waals surface area contributed by atoms with Crippen molar-refractivity contribution in [3.05, 3.63) is 58.5 Å². The Morgan fingerprint density at radius 1 is 1.38 bits per heavy atom. The number of hydrogen-bond donors (Lipinski definition) is 2. The van der Waals surface area contributed by atoms with E-state index in [0.29, 0.717) is 5.56 Å². The number of hydrogen-bond acceptors (Lipinski definition) is 4. The van der Waals surface area contributed by atoms with Crippen molar-refractivity contribution >= 4 is 5.91 Å². The van der Waals surface area contributed by atoms with Crippen LogP contribution in [0.5, 0.6) is 0 Å². The fraction of sp³-hybridized carbons (Fsp3) is 0.353. The molecule has 1 amide bonds. The van der Waals surface area contributed by atoms with Crippen molar-refractivity contribution in [1.29, 1.82) is 0 Å². The zero-order chi connectivity index (χ0) is 17.4. The van der Waals surface area contributed by atoms with Gasteiger partial charge in [0, 0.05) is 17.7 Å². The van der Waals surface area contributed by atoms with Crippen LogP contribution in [0.4, 0.5) is 8.78 Å². The second kappa shape index (κ2) is 6.33. The van der Waals surface area contributed by atoms with Crippen molar-refractivity contribution in [2.24, 2.45) is 0 Å². The molecule has 3 rings (SSSR count). The summed E-state index contributed by atoms with van der Waals surface area (Å²) in [6.45, 7) is 1.30. The number of carbonyl (C=O) groups is 1. The predicted octanol–water partition coefficient (Wildman–Crippen LogP) is 2.31. The highest BCUT2D eigenvalue weighted by Crippen LogP contribution is 2.35. The lowest BCUT2D eigenvalue weighted by Gasteiger charge is -2.24. The Balaban J connectivity index is 1.97. The standard InChI is InChI=1S/C17H17F2NO4/c1-9-4-12(8-21)24-16(9)17(23)20-7-11(22)6-15(20)13-5-10(18)2-3-14(13)19/h2-5,11,15,21-22H,6-8H2,1H3/t11-,15+/m0/s1. The molecule has 1 aromatic heterocycles. The minimum Gasteiger partial charge on any atom is -0.453 e. The second-order valence-electron chi connectivity index (χ2n) is 5.91. The molecule has 1 fully saturated rings. The SMILES string of the molecule is Cc1cc(CO)oc1C(=O)N1C[C@@H](O)C[C@@H]1c1cc(F)ccc1F. The Hall–Kier alpha value is -2.25. The van der Waals surface area contributed by atoms with Gasteiger partial charge in [0.25, 0.3) is 5.91 Å². The summed E-state index contributed by atoms with van der Waals surface area (Å²) in [5, 5.41) is 19.0. The molecule has 2 atom stereocenters. The van der Waals surface area contributed by atoms with E-state index >= 15 is 0 Å². The van der Waals surface area contributed by atoms with Crippen LogP contribution in [0, 0.1) is 18.6 Å². The van der Waals surface area contributed by atoms with Gasteiger partial charge >= 0.3 is 0 Å². The molecule has 1 saturated heterocycles. The number of aryl methyl sites for hydroxylation is 1. The second-order valence-corrected chi connectivity index (χ2v) is 5.91. The van der Waals surface area contributed by atoms with Crippen LogP contribution in [0.1, 0.15) is 39.9 Å². The number of likely N-dealkylation sites (tertiary alicyclic amines) is 1. The number of nitrogens with zero attached hydrogens (tertiary/aromatic N) is 1. The molecule has 7 heteroatoms. The van der Waals surface area contributed by atoms with Gasteiger partial charge < -0.3 is 19.5 Å². The smallest absolute Gasteiger partial charge is 0.290 e. The molecular formula is C17H17F2NO4. The summed E-state index contributed by atoms with van der Waals surface area (Å²) >= 11 is 0. The van der Waals surface area contributed by atoms with Crippen molar-refractivity contribution in [2.45, 2.75) is 32.1 Å². The number of halogens is 2. The van der Waals surface area contributed by atoms with E-state index in [1.807, 2.05) is 0 Å². The van der Waals surface area contributed by atoms with Crippen LogP contribution in [-0.4, -0.2) is 33.7 Å². The average molecular weight is 337 g/mol. The summed E-state index contributed by atoms with van der Waals surface area (Å²) in [7, 11) is 0. The largest absolute Gasteiger partial charge is 0.453 e. The molecule has 2 heterocycles. The van der Waals surface area contributed by atoms with E-state index in [1.165, 1.54) is 11.0 Å². The summed E-state index contributed by atoms with van der Waals surface area (Å²) in [5.41, 5.74) is 0.551. The maximum atomic E-state index is 14.1. The molecule has 0 saturated carbocycles. The third-order valence-corrected chi connectivity index (χ3v) is 4.18. The van der Waals surface area contributed by atoms with Gasteiger partial charge in [0.15, 0.2) is 5.76 Å². The number of furan rings is 1. The van der Waals surface area contributed by atoms with Crippen LogP contribution >= 0.6 is 0 Å². The number of benzene rings is 1. The number of carbonyl (C=O) groups excluding carboxylic acids is 1. The Morgan fingerprint density at radius 3 is 2.79 bits per heavy atom. The summed E-state index contributed by atoms with van der Waals surface area (Å²) in [4.78, 5) is 14.0. The fourth-order valence-electron chi connectivity index (χ4n) is 3.07. The van der Waals surface area contributed by atoms with E-state index in [0.717, 1.165) is 18.2 Å². The monoisotopic (exact) mass is 337 g/mol. The predicted molar refractivity (Wildman–Crippen MR) is 80.1 cm³/mol. The lowest BCUT2D eigenvalue weighted by Crippen LogP contribution is -2.32. The fourth-order valence-corrected chi connectivity index (χ4v) is 3.07. The number of aliphatic hydroxyl groups is 2. The van der Waals surface area contributed by atoms with E-state index < -0.39 is 29.7 Å². The van der Waals surface area contributed by atoms with Gasteiger partial charge in [0.05, 0.1) is 12.1 Å². The lowest BCUT2D eigenvalue weighted by molar-refractivity contribution is 0.0676. The maximum absolute atomic E-state index is 14.1. The van der Waals surface area contributed by atoms with E-state index in [-0.39, 0.29) is 36.7 Å². The molecule has 1 aliphatic heterocycles. The van der Waals surface area contributed by atoms with Crippen molar-refractivity contribution in [2.75, 3.05) is 6.54 Å². The first kappa shape index (κ1) is 16.6. The minimum absolute atomic E-state index is 0.00590. The first-order chi connectivity index (χ1) is 11.4. The van der Waals surface area contributed by atoms with Crippen LogP contribution in [0.3, 0.4) is 0 Å². The van der Waals surface area contributed by atoms with Gasteiger partial charge in [-0.15, -0.1) is 0 Å². The van der Waals surface area contributed by atoms with Gasteiger partial charge in [-0.3, -0.25) is 4.79 Å². The molecule has 1 aliphatic rings. The molecule has 0 aliphatic carbocycles. The van der Waals surface area contributed by atoms with Crippen LogP contribution in [0.25, 0.3) is 0 Å². The third-order valence-electron chi connectivity index (χ3n) is 4.18. The summed E-state index contributed by atoms with van der Waals surface area (Å²) < 4.78 is 32.9. The van der Waals surface area contributed by atoms with E-state index in [2.05, 4.69) is 0 Å². The van der Waals surface area contributed by atoms with Gasteiger partial charge in [-0.05, 0) is 37.6 Å². The van der Waals surface area contributed by atoms with Crippen LogP contribution in [-0.2, 0) is 6.61 Å². The molecule has 0 bridgehead atoms. The molecule has 24 heavy (non-hydrogen) atoms. The average Bonchev–Trinajstić information content (AvgIpc) is 3.12. The summed E-state index contributed by atoms with van der Waals surface area (Å²) in [5.74, 6) is -1.52. The van der Waals surface area contributed by atoms with E-state index in [9.17, 15) is 18.7 Å². The molecule has 0 unspecified atom stereocenters. The summed E-state index contributed by atoms with van der Waals surface area (Å²) in [6.07, 6.45) is -0.729. The number of aliphatic hydroxyl groups excluding tert-OH is 2. The molecule has 128 valence electrons. The van der Waals surface area contributed by atoms with Crippen molar-refractivity contribution in [1.82, 2.24) is 4.90 Å². The Morgan fingerprint density at radius 2 is 2.12 bits per heavy atom. The molecule has 2 aromatic rings. The highest BCUT2D eigenvalue weighted by atomic mass is 19.1. The van der Waals surface area contributed by atoms with Crippen LogP contribution < -0.4 is 0 Å². The zero-order valence-electron chi connectivity index (χ0n) is 13.0. The van der Waals surface area contributed by atoms with Gasteiger partial charge in [-0.2, -0.15) is 0 Å². The molecular weight excluding hydrogens is 320 g/mol. The van der Waals surface area contributed by atoms with E-state index in [1.54, 1.807) is 6.92 Å². The number of β-amino-alcohol motifs (C(OH)–C–C–N with tert-alkyl or cyclic N) is 1. The highest BCUT2D eigenvalue weighted by molar-refractivity contribution is 5.93. The first-order valence-electron chi connectivity index (χ1n) is 7.55. The normalized spacial score (nSPS) is 20.6. The zero-order valence-corrected chi connectivity index (χ0v) is 13.0. The summed E-state index contributed by atoms with van der Waals surface area (Å²) in [6, 6.07) is 3.79. The maximum Gasteiger partial charge on any atom is 0.290 e. The molecule has 5 nitrogen and oxygen atoms in total. The van der Waals surface area contributed by atoms with Gasteiger partial charge in [0.2, 0.25) is 0 Å². The minimum atomic E-state index is -0.839. The van der Waals surface area contributed by atoms with Gasteiger partial charge in [0.1, 0.15) is 24.0 Å². The molecule has 2 N–H and O–H groups in total. The van der Waals surface area contributed by atoms with Crippen LogP contribution in [0.2, 0.25) is 0 Å². The first-order valence-corrected chi connectivity index (χ1v) is 7.55. The van der Waals surface area contributed by atoms with E-state index in [4.69, 9.17) is 9.52 Å². The Labute approximate surface area is 137 Å². The number of rotatable bonds is 3. The van der Waals surface area contributed by atoms with Crippen molar-refractivity contribution < 1.29 is 28.2 Å². The molecule has 0 spiro atoms. The molecule has 1 aromatic carbocycles. The quantitative estimate of drug-likeness (QED) is 0.901. The van der Waals surface area contributed by atoms with Gasteiger partial charge in [-0.1, -0.05) is 0 Å². The third kappa shape index (κ3) is 2.92. The number of amides is 1. The molecule has 0 radical (unpaired) electrons. The Kier molecular flexibility index (Phi) is 4.38. The lowest BCUT2D eigenvalue weighted by atomic mass is 10.0. The highest BCUT2D eigenvalue weighted by Gasteiger charge is 2.38. The van der Waals surface area contributed by atoms with Crippen molar-refractivity contribution in [3.8, 4) is 0 Å². The van der Waals surface area contributed by atoms with Crippen molar-refractivity contribution in [3.63, 3.8) is 0 Å².